The molecule has 71 heavy (non-hydrogen) atoms. The molecular weight excluding hydrogens is 991 g/mol. The molecule has 0 atom stereocenters. The first-order chi connectivity index (χ1) is 33.6. The summed E-state index contributed by atoms with van der Waals surface area (Å²) in [4.78, 5) is 11.3. The lowest BCUT2D eigenvalue weighted by molar-refractivity contribution is 0.302. The predicted octanol–water partition coefficient (Wildman–Crippen LogP) is 18.1. The van der Waals surface area contributed by atoms with E-state index in [1.165, 1.54) is 27.9 Å². The Morgan fingerprint density at radius 3 is 1.04 bits per heavy atom. The highest BCUT2D eigenvalue weighted by Gasteiger charge is 2.31. The van der Waals surface area contributed by atoms with E-state index in [0.717, 1.165) is 111 Å². The predicted molar refractivity (Wildman–Crippen MR) is 313 cm³/mol. The molecule has 10 bridgehead atoms. The van der Waals surface area contributed by atoms with Gasteiger partial charge >= 0.3 is 0 Å². The third-order valence-corrected chi connectivity index (χ3v) is 18.4. The summed E-state index contributed by atoms with van der Waals surface area (Å²) < 4.78 is 28.5. The zero-order valence-corrected chi connectivity index (χ0v) is 49.9. The molecule has 5 aromatic rings. The molecular formula is C60H79NO4S6. The highest BCUT2D eigenvalue weighted by molar-refractivity contribution is 8.01. The van der Waals surface area contributed by atoms with Gasteiger partial charge in [0.2, 0.25) is 0 Å². The van der Waals surface area contributed by atoms with Crippen molar-refractivity contribution in [1.29, 1.82) is 0 Å². The SMILES string of the molecule is CCCOc1c2cc(C(C)(C)C)cc1Sc1cc(C(C)(C)C)cc3c1OCCSCCN(c1ccccc1)CCSCCOc1c(cc(C(C)(C)C)cc1Sc1cc(C(C)(C)C)cc(c1OCCC)S3)S2. The average molecular weight is 1070 g/mol. The number of hydrogen-bond donors (Lipinski definition) is 0. The zero-order chi connectivity index (χ0) is 51.1. The van der Waals surface area contributed by atoms with Gasteiger partial charge in [-0.25, -0.2) is 0 Å². The summed E-state index contributed by atoms with van der Waals surface area (Å²) in [5.41, 5.74) is 5.77. The molecule has 0 fully saturated rings. The molecule has 3 aliphatic rings. The van der Waals surface area contributed by atoms with Crippen molar-refractivity contribution in [3.05, 3.63) is 101 Å². The average Bonchev–Trinajstić information content (AvgIpc) is 3.29. The molecule has 0 saturated heterocycles. The van der Waals surface area contributed by atoms with E-state index in [4.69, 9.17) is 18.9 Å². The fourth-order valence-electron chi connectivity index (χ4n) is 8.06. The van der Waals surface area contributed by atoms with Crippen LogP contribution in [-0.4, -0.2) is 62.5 Å². The van der Waals surface area contributed by atoms with Crippen LogP contribution in [0.3, 0.4) is 0 Å². The number of nitrogens with zero attached hydrogens (tertiary/aromatic N) is 1. The Kier molecular flexibility index (Phi) is 19.1. The van der Waals surface area contributed by atoms with E-state index in [1.54, 1.807) is 47.0 Å². The maximum atomic E-state index is 7.25. The van der Waals surface area contributed by atoms with Crippen molar-refractivity contribution < 1.29 is 18.9 Å². The Hall–Kier alpha value is -2.80. The van der Waals surface area contributed by atoms with Crippen molar-refractivity contribution in [2.45, 2.75) is 171 Å². The molecule has 0 aliphatic carbocycles. The molecule has 5 nitrogen and oxygen atoms in total. The summed E-state index contributed by atoms with van der Waals surface area (Å²) >= 11 is 11.1. The highest BCUT2D eigenvalue weighted by atomic mass is 32.2. The normalized spacial score (nSPS) is 15.7. The summed E-state index contributed by atoms with van der Waals surface area (Å²) in [5.74, 6) is 7.40. The van der Waals surface area contributed by atoms with Gasteiger partial charge in [0.05, 0.1) is 65.6 Å². The number of thioether (sulfide) groups is 2. The van der Waals surface area contributed by atoms with E-state index in [1.807, 2.05) is 23.5 Å². The molecule has 0 aromatic heterocycles. The van der Waals surface area contributed by atoms with E-state index >= 15 is 0 Å². The summed E-state index contributed by atoms with van der Waals surface area (Å²) in [6, 6.07) is 30.0. The fraction of sp³-hybridized carbons (Fsp3) is 0.500. The van der Waals surface area contributed by atoms with Crippen LogP contribution >= 0.6 is 70.6 Å². The Morgan fingerprint density at radius 1 is 0.437 bits per heavy atom. The Labute approximate surface area is 454 Å². The second-order valence-electron chi connectivity index (χ2n) is 22.6. The lowest BCUT2D eigenvalue weighted by Crippen LogP contribution is -2.28. The molecule has 5 aromatic carbocycles. The molecule has 0 unspecified atom stereocenters. The second-order valence-corrected chi connectivity index (χ2v) is 29.3. The molecule has 3 aliphatic heterocycles. The quantitative estimate of drug-likeness (QED) is 0.154. The van der Waals surface area contributed by atoms with Gasteiger partial charge in [-0.15, -0.1) is 0 Å². The van der Waals surface area contributed by atoms with Gasteiger partial charge in [0, 0.05) is 41.8 Å². The van der Waals surface area contributed by atoms with Crippen LogP contribution in [-0.2, 0) is 21.7 Å². The maximum absolute atomic E-state index is 7.25. The number of fused-ring (bicyclic) bond motifs is 12. The summed E-state index contributed by atoms with van der Waals surface area (Å²) in [5, 5.41) is 0. The summed E-state index contributed by atoms with van der Waals surface area (Å²) in [7, 11) is 0. The van der Waals surface area contributed by atoms with Crippen LogP contribution in [0.25, 0.3) is 0 Å². The third kappa shape index (κ3) is 14.7. The van der Waals surface area contributed by atoms with Gasteiger partial charge in [0.25, 0.3) is 0 Å². The Morgan fingerprint density at radius 2 is 0.746 bits per heavy atom. The summed E-state index contributed by atoms with van der Waals surface area (Å²) in [6.45, 7) is 36.5. The molecule has 0 saturated carbocycles. The minimum Gasteiger partial charge on any atom is -0.491 e. The molecule has 11 heteroatoms. The van der Waals surface area contributed by atoms with Gasteiger partial charge in [-0.2, -0.15) is 23.5 Å². The van der Waals surface area contributed by atoms with Crippen LogP contribution < -0.4 is 23.8 Å². The first kappa shape index (κ1) is 55.9. The smallest absolute Gasteiger partial charge is 0.147 e. The molecule has 8 rings (SSSR count). The highest BCUT2D eigenvalue weighted by Crippen LogP contribution is 2.56. The maximum Gasteiger partial charge on any atom is 0.147 e. The number of ether oxygens (including phenoxy) is 4. The second kappa shape index (κ2) is 24.3. The Bertz CT molecular complexity index is 2330. The van der Waals surface area contributed by atoms with Crippen molar-refractivity contribution in [1.82, 2.24) is 0 Å². The number of hydrogen-bond acceptors (Lipinski definition) is 11. The monoisotopic (exact) mass is 1070 g/mol. The Balaban J connectivity index is 1.56. The number of para-hydroxylation sites is 1. The molecule has 0 radical (unpaired) electrons. The van der Waals surface area contributed by atoms with E-state index in [9.17, 15) is 0 Å². The van der Waals surface area contributed by atoms with Gasteiger partial charge in [-0.05, 0) is 117 Å². The van der Waals surface area contributed by atoms with Crippen LogP contribution in [0.2, 0.25) is 0 Å². The zero-order valence-electron chi connectivity index (χ0n) is 45.0. The van der Waals surface area contributed by atoms with Gasteiger partial charge in [0.15, 0.2) is 0 Å². The number of anilines is 1. The van der Waals surface area contributed by atoms with Gasteiger partial charge in [0.1, 0.15) is 23.0 Å². The van der Waals surface area contributed by atoms with Gasteiger partial charge in [-0.3, -0.25) is 0 Å². The van der Waals surface area contributed by atoms with E-state index < -0.39 is 0 Å². The van der Waals surface area contributed by atoms with Crippen LogP contribution in [0.1, 0.15) is 132 Å². The van der Waals surface area contributed by atoms with Crippen LogP contribution in [0, 0.1) is 0 Å². The molecule has 0 spiro atoms. The topological polar surface area (TPSA) is 40.2 Å². The van der Waals surface area contributed by atoms with Crippen molar-refractivity contribution in [2.24, 2.45) is 0 Å². The van der Waals surface area contributed by atoms with E-state index in [2.05, 4.69) is 181 Å². The third-order valence-electron chi connectivity index (χ3n) is 12.4. The number of rotatable bonds is 7. The van der Waals surface area contributed by atoms with Crippen molar-refractivity contribution >= 4 is 76.3 Å². The van der Waals surface area contributed by atoms with Gasteiger partial charge < -0.3 is 23.8 Å². The van der Waals surface area contributed by atoms with Crippen molar-refractivity contribution in [3.63, 3.8) is 0 Å². The van der Waals surface area contributed by atoms with E-state index in [0.29, 0.717) is 26.4 Å². The minimum absolute atomic E-state index is 0.131. The number of benzene rings is 5. The van der Waals surface area contributed by atoms with Crippen LogP contribution in [0.5, 0.6) is 23.0 Å². The first-order valence-electron chi connectivity index (χ1n) is 25.6. The minimum atomic E-state index is -0.138. The van der Waals surface area contributed by atoms with E-state index in [-0.39, 0.29) is 21.7 Å². The van der Waals surface area contributed by atoms with Crippen molar-refractivity contribution in [2.75, 3.05) is 67.4 Å². The van der Waals surface area contributed by atoms with Gasteiger partial charge in [-0.1, -0.05) is 162 Å². The molecule has 384 valence electrons. The van der Waals surface area contributed by atoms with Crippen LogP contribution in [0.15, 0.2) is 118 Å². The summed E-state index contributed by atoms with van der Waals surface area (Å²) in [6.07, 6.45) is 1.79. The molecule has 0 N–H and O–H groups in total. The lowest BCUT2D eigenvalue weighted by Gasteiger charge is -2.28. The standard InChI is InChI=1S/C60H79NO4S6/c1-15-24-62-53-45-32-40(57(3,4)5)33-46(53)69-50-37-43(60(12,13)14)39-52-56(50)65-27-31-67-29-23-61(44-20-18-17-19-21-44)22-28-66-30-26-64-55-49(68-45)36-42(59(9,10)11)38-51(55)70-47-34-41(58(6,7)8)35-48(71-52)54(47)63-25-16-2/h17-21,32-39H,15-16,22-31H2,1-14H3. The van der Waals surface area contributed by atoms with Crippen molar-refractivity contribution in [3.8, 4) is 23.0 Å². The molecule has 0 amide bonds. The fourth-order valence-corrected chi connectivity index (χ4v) is 14.4. The largest absolute Gasteiger partial charge is 0.491 e. The first-order valence-corrected chi connectivity index (χ1v) is 31.1. The molecule has 3 heterocycles. The lowest BCUT2D eigenvalue weighted by atomic mass is 9.87. The van der Waals surface area contributed by atoms with Crippen LogP contribution in [0.4, 0.5) is 5.69 Å².